The molecule has 4 heterocycles. The van der Waals surface area contributed by atoms with Crippen molar-refractivity contribution in [3.05, 3.63) is 47.4 Å². The lowest BCUT2D eigenvalue weighted by Crippen LogP contribution is -2.38. The third-order valence-electron chi connectivity index (χ3n) is 8.55. The molecule has 3 aliphatic rings. The Morgan fingerprint density at radius 1 is 1.23 bits per heavy atom. The Labute approximate surface area is 257 Å². The van der Waals surface area contributed by atoms with Gasteiger partial charge in [-0.15, -0.1) is 0 Å². The van der Waals surface area contributed by atoms with Crippen LogP contribution in [0.2, 0.25) is 0 Å². The number of nitrogens with zero attached hydrogens (tertiary/aromatic N) is 6. The summed E-state index contributed by atoms with van der Waals surface area (Å²) >= 11 is 0. The molecule has 3 N–H and O–H groups in total. The summed E-state index contributed by atoms with van der Waals surface area (Å²) in [5, 5.41) is 3.25. The molecule has 0 amide bonds. The van der Waals surface area contributed by atoms with Crippen molar-refractivity contribution in [1.29, 1.82) is 0 Å². The van der Waals surface area contributed by atoms with Crippen molar-refractivity contribution in [2.24, 2.45) is 0 Å². The van der Waals surface area contributed by atoms with Gasteiger partial charge in [0.05, 0.1) is 41.7 Å². The molecular weight excluding hydrogens is 563 g/mol. The third kappa shape index (κ3) is 5.58. The van der Waals surface area contributed by atoms with Crippen molar-refractivity contribution in [3.63, 3.8) is 0 Å². The average Bonchev–Trinajstić information content (AvgIpc) is 3.56. The molecule has 11 nitrogen and oxygen atoms in total. The maximum absolute atomic E-state index is 14.5. The van der Waals surface area contributed by atoms with Crippen LogP contribution >= 0.6 is 0 Å². The number of alkyl halides is 1. The number of halogens is 1. The lowest BCUT2D eigenvalue weighted by molar-refractivity contribution is 0.0378. The van der Waals surface area contributed by atoms with Crippen LogP contribution in [-0.2, 0) is 10.2 Å². The standard InChI is InChI=1S/C32H41FN8O3/c1-18(2)44-30(42)22-14-35-31(38-29(22)41-17-32(9-10-32)28-25(41)8-7-19(3)36-28)37-24-12-23(34)26(13-27(24)43-6)40-15-20(33)11-21(40)16-39(4)5/h7-8,12-14,18,20-21H,9-11,15-17,34H2,1-6H3,(H,35,37,38)/t20-,21+/m0/s1. The van der Waals surface area contributed by atoms with Crippen LogP contribution in [0.5, 0.6) is 5.75 Å². The summed E-state index contributed by atoms with van der Waals surface area (Å²) in [6.07, 6.45) is 2.78. The highest BCUT2D eigenvalue weighted by Gasteiger charge is 2.54. The van der Waals surface area contributed by atoms with E-state index in [2.05, 4.69) is 20.1 Å². The highest BCUT2D eigenvalue weighted by molar-refractivity contribution is 5.96. The Hall–Kier alpha value is -4.19. The first-order chi connectivity index (χ1) is 21.0. The van der Waals surface area contributed by atoms with E-state index >= 15 is 0 Å². The number of rotatable bonds is 9. The molecule has 1 aromatic carbocycles. The van der Waals surface area contributed by atoms with Gasteiger partial charge in [0.25, 0.3) is 0 Å². The molecule has 0 unspecified atom stereocenters. The van der Waals surface area contributed by atoms with Gasteiger partial charge in [-0.2, -0.15) is 4.98 Å². The Bertz CT molecular complexity index is 1580. The van der Waals surface area contributed by atoms with E-state index in [9.17, 15) is 9.18 Å². The molecule has 1 saturated heterocycles. The first kappa shape index (κ1) is 29.9. The second kappa shape index (κ2) is 11.4. The number of ether oxygens (including phenoxy) is 2. The van der Waals surface area contributed by atoms with Crippen molar-refractivity contribution in [3.8, 4) is 5.75 Å². The predicted molar refractivity (Wildman–Crippen MR) is 169 cm³/mol. The molecule has 6 rings (SSSR count). The number of methoxy groups -OCH3 is 1. The molecule has 2 aliphatic heterocycles. The summed E-state index contributed by atoms with van der Waals surface area (Å²) in [7, 11) is 5.53. The number of nitrogens with one attached hydrogen (secondary N) is 1. The summed E-state index contributed by atoms with van der Waals surface area (Å²) in [6, 6.07) is 7.60. The van der Waals surface area contributed by atoms with Gasteiger partial charge in [0.15, 0.2) is 5.82 Å². The second-order valence-electron chi connectivity index (χ2n) is 12.7. The smallest absolute Gasteiger partial charge is 0.343 e. The molecular formula is C32H41FN8O3. The number of fused-ring (bicyclic) bond motifs is 2. The maximum Gasteiger partial charge on any atom is 0.343 e. The summed E-state index contributed by atoms with van der Waals surface area (Å²) in [5.74, 6) is 0.734. The van der Waals surface area contributed by atoms with E-state index in [0.717, 1.165) is 35.6 Å². The Balaban J connectivity index is 1.36. The fourth-order valence-corrected chi connectivity index (χ4v) is 6.39. The number of aryl methyl sites for hydroxylation is 1. The highest BCUT2D eigenvalue weighted by Crippen LogP contribution is 2.57. The van der Waals surface area contributed by atoms with Gasteiger partial charge >= 0.3 is 5.97 Å². The van der Waals surface area contributed by atoms with Crippen molar-refractivity contribution >= 4 is 40.5 Å². The van der Waals surface area contributed by atoms with Gasteiger partial charge in [-0.05, 0) is 65.9 Å². The van der Waals surface area contributed by atoms with E-state index in [1.165, 1.54) is 6.20 Å². The van der Waals surface area contributed by atoms with Crippen LogP contribution in [-0.4, -0.2) is 85.0 Å². The summed E-state index contributed by atoms with van der Waals surface area (Å²) in [5.41, 5.74) is 11.5. The number of likely N-dealkylation sites (N-methyl/N-ethyl adjacent to an activating group) is 1. The number of pyridine rings is 1. The molecule has 44 heavy (non-hydrogen) atoms. The number of anilines is 6. The van der Waals surface area contributed by atoms with E-state index in [-0.39, 0.29) is 35.6 Å². The molecule has 234 valence electrons. The minimum Gasteiger partial charge on any atom is -0.494 e. The van der Waals surface area contributed by atoms with Gasteiger partial charge in [0.1, 0.15) is 17.5 Å². The minimum atomic E-state index is -0.930. The van der Waals surface area contributed by atoms with Crippen LogP contribution in [0.3, 0.4) is 0 Å². The zero-order chi connectivity index (χ0) is 31.3. The maximum atomic E-state index is 14.5. The Kier molecular flexibility index (Phi) is 7.73. The number of esters is 1. The van der Waals surface area contributed by atoms with E-state index < -0.39 is 12.1 Å². The van der Waals surface area contributed by atoms with Gasteiger partial charge in [-0.25, -0.2) is 14.2 Å². The van der Waals surface area contributed by atoms with Crippen LogP contribution in [0, 0.1) is 6.92 Å². The SMILES string of the molecule is COc1cc(N2C[C@@H](F)C[C@@H]2CN(C)C)c(N)cc1Nc1ncc(C(=O)OC(C)C)c(N2CC3(CC3)c3nc(C)ccc32)n1. The number of benzene rings is 1. The largest absolute Gasteiger partial charge is 0.494 e. The van der Waals surface area contributed by atoms with Crippen LogP contribution in [0.1, 0.15) is 54.9 Å². The quantitative estimate of drug-likeness (QED) is 0.260. The van der Waals surface area contributed by atoms with Gasteiger partial charge in [-0.3, -0.25) is 4.98 Å². The molecule has 1 saturated carbocycles. The third-order valence-corrected chi connectivity index (χ3v) is 8.55. The molecule has 2 atom stereocenters. The number of nitrogens with two attached hydrogens (primary N) is 1. The van der Waals surface area contributed by atoms with E-state index in [0.29, 0.717) is 42.5 Å². The minimum absolute atomic E-state index is 0.00813. The lowest BCUT2D eigenvalue weighted by atomic mass is 10.0. The van der Waals surface area contributed by atoms with Crippen LogP contribution in [0.25, 0.3) is 0 Å². The predicted octanol–water partition coefficient (Wildman–Crippen LogP) is 4.74. The molecule has 0 radical (unpaired) electrons. The first-order valence-electron chi connectivity index (χ1n) is 15.1. The molecule has 0 bridgehead atoms. The van der Waals surface area contributed by atoms with Gasteiger partial charge < -0.3 is 35.2 Å². The van der Waals surface area contributed by atoms with Gasteiger partial charge in [-0.1, -0.05) is 0 Å². The number of hydrogen-bond donors (Lipinski definition) is 2. The van der Waals surface area contributed by atoms with Crippen LogP contribution < -0.4 is 25.6 Å². The molecule has 2 fully saturated rings. The van der Waals surface area contributed by atoms with Gasteiger partial charge in [0, 0.05) is 55.5 Å². The van der Waals surface area contributed by atoms with E-state index in [1.54, 1.807) is 13.2 Å². The molecule has 12 heteroatoms. The topological polar surface area (TPSA) is 122 Å². The van der Waals surface area contributed by atoms with Crippen molar-refractivity contribution in [2.75, 3.05) is 61.7 Å². The van der Waals surface area contributed by atoms with Crippen molar-refractivity contribution < 1.29 is 18.7 Å². The average molecular weight is 605 g/mol. The number of aromatic nitrogens is 3. The fourth-order valence-electron chi connectivity index (χ4n) is 6.39. The van der Waals surface area contributed by atoms with Gasteiger partial charge in [0.2, 0.25) is 5.95 Å². The number of hydrogen-bond acceptors (Lipinski definition) is 11. The Morgan fingerprint density at radius 2 is 2.00 bits per heavy atom. The fraction of sp³-hybridized carbons (Fsp3) is 0.500. The summed E-state index contributed by atoms with van der Waals surface area (Å²) in [6.45, 7) is 7.26. The highest BCUT2D eigenvalue weighted by atomic mass is 19.1. The van der Waals surface area contributed by atoms with Crippen molar-refractivity contribution in [2.45, 2.75) is 63.8 Å². The summed E-state index contributed by atoms with van der Waals surface area (Å²) in [4.78, 5) is 33.6. The number of nitrogen functional groups attached to an aromatic ring is 1. The second-order valence-corrected chi connectivity index (χ2v) is 12.7. The van der Waals surface area contributed by atoms with Crippen LogP contribution in [0.15, 0.2) is 30.5 Å². The molecule has 1 aliphatic carbocycles. The molecule has 2 aromatic heterocycles. The Morgan fingerprint density at radius 3 is 2.68 bits per heavy atom. The van der Waals surface area contributed by atoms with E-state index in [1.807, 2.05) is 58.0 Å². The summed E-state index contributed by atoms with van der Waals surface area (Å²) < 4.78 is 25.8. The first-order valence-corrected chi connectivity index (χ1v) is 15.1. The number of carbonyl (C=O) groups is 1. The molecule has 3 aromatic rings. The zero-order valence-electron chi connectivity index (χ0n) is 26.2. The van der Waals surface area contributed by atoms with E-state index in [4.69, 9.17) is 25.2 Å². The normalized spacial score (nSPS) is 20.0. The lowest BCUT2D eigenvalue weighted by Gasteiger charge is -2.30. The molecule has 1 spiro atoms. The van der Waals surface area contributed by atoms with Crippen molar-refractivity contribution in [1.82, 2.24) is 19.9 Å². The zero-order valence-corrected chi connectivity index (χ0v) is 26.2. The number of carbonyl (C=O) groups excluding carboxylic acids is 1. The monoisotopic (exact) mass is 604 g/mol. The van der Waals surface area contributed by atoms with Crippen LogP contribution in [0.4, 0.5) is 38.9 Å².